The van der Waals surface area contributed by atoms with Crippen LogP contribution in [0.15, 0.2) is 0 Å². The summed E-state index contributed by atoms with van der Waals surface area (Å²) in [4.78, 5) is 0. The average Bonchev–Trinajstić information content (AvgIpc) is 0.871. The summed E-state index contributed by atoms with van der Waals surface area (Å²) in [5, 5.41) is 0. The Bertz CT molecular complexity index is 1560. The largest absolute Gasteiger partial charge is 0.379 e. The summed E-state index contributed by atoms with van der Waals surface area (Å²) in [5.74, 6) is 0. The highest BCUT2D eigenvalue weighted by Crippen LogP contribution is 2.24. The van der Waals surface area contributed by atoms with E-state index >= 15 is 0 Å². The Balaban J connectivity index is -0.00000145. The van der Waals surface area contributed by atoms with Gasteiger partial charge in [-0.1, -0.05) is 208 Å². The molecule has 0 bridgehead atoms. The van der Waals surface area contributed by atoms with Crippen molar-refractivity contribution in [3.05, 3.63) is 0 Å². The Morgan fingerprint density at radius 3 is 0.376 bits per heavy atom. The fourth-order valence-electron chi connectivity index (χ4n) is 7.83. The minimum atomic E-state index is -0.484. The predicted octanol–water partition coefficient (Wildman–Crippen LogP) is 15.5. The summed E-state index contributed by atoms with van der Waals surface area (Å²) in [5.41, 5.74) is 1.000. The second-order valence-electron chi connectivity index (χ2n) is 39.1. The molecule has 0 unspecified atom stereocenters. The molecule has 0 heterocycles. The SMILES string of the molecule is CC(C)(C)COCCOCC(COCCOCC(C)(C)C)(COCCOCC(C)(C)C)COCCOCC(C)(C)C.CC(C)(C)COCCOCC(COCCOCC(C)(C)C)OCCOCC(C)(C)C.CC(C)(C)COCCOCC(COCCOCC(C)(C)C)OCCOCC(C)(C)C. The van der Waals surface area contributed by atoms with Crippen LogP contribution in [0.3, 0.4) is 0 Å². The first-order valence-electron chi connectivity index (χ1n) is 38.0. The van der Waals surface area contributed by atoms with Crippen molar-refractivity contribution in [3.8, 4) is 0 Å². The lowest BCUT2D eigenvalue weighted by atomic mass is 9.92. The van der Waals surface area contributed by atoms with E-state index in [1.807, 2.05) is 0 Å². The molecule has 0 atom stereocenters. The Morgan fingerprint density at radius 2 is 0.248 bits per heavy atom. The van der Waals surface area contributed by atoms with Gasteiger partial charge in [0.05, 0.1) is 256 Å². The summed E-state index contributed by atoms with van der Waals surface area (Å²) < 4.78 is 116. The monoisotopic (exact) mass is 1460 g/mol. The number of ether oxygens (including phenoxy) is 20. The maximum absolute atomic E-state index is 6.12. The van der Waals surface area contributed by atoms with Crippen molar-refractivity contribution in [3.63, 3.8) is 0 Å². The summed E-state index contributed by atoms with van der Waals surface area (Å²) in [6, 6.07) is 0. The zero-order chi connectivity index (χ0) is 77.7. The normalized spacial score (nSPS) is 13.5. The molecular formula is C81H168O20. The minimum Gasteiger partial charge on any atom is -0.379 e. The van der Waals surface area contributed by atoms with E-state index in [1.165, 1.54) is 0 Å². The Hall–Kier alpha value is -0.800. The zero-order valence-electron chi connectivity index (χ0n) is 71.7. The molecule has 0 fully saturated rings. The first kappa shape index (κ1) is 104. The van der Waals surface area contributed by atoms with E-state index in [0.29, 0.717) is 225 Å². The molecular weight excluding hydrogens is 1290 g/mol. The molecule has 101 heavy (non-hydrogen) atoms. The van der Waals surface area contributed by atoms with E-state index in [0.717, 1.165) is 26.4 Å². The molecule has 612 valence electrons. The highest BCUT2D eigenvalue weighted by atomic mass is 16.6. The van der Waals surface area contributed by atoms with Crippen molar-refractivity contribution < 1.29 is 94.7 Å². The van der Waals surface area contributed by atoms with Crippen molar-refractivity contribution in [2.24, 2.45) is 59.6 Å². The lowest BCUT2D eigenvalue weighted by Gasteiger charge is -2.33. The smallest absolute Gasteiger partial charge is 0.104 e. The molecule has 0 rings (SSSR count). The average molecular weight is 1460 g/mol. The maximum atomic E-state index is 6.12. The number of rotatable bonds is 58. The summed E-state index contributed by atoms with van der Waals surface area (Å²) in [6.07, 6.45) is -0.262. The van der Waals surface area contributed by atoms with Crippen LogP contribution in [-0.2, 0) is 94.7 Å². The fraction of sp³-hybridized carbons (Fsp3) is 1.00. The van der Waals surface area contributed by atoms with Gasteiger partial charge in [0, 0.05) is 0 Å². The van der Waals surface area contributed by atoms with Crippen molar-refractivity contribution in [1.82, 2.24) is 0 Å². The Labute approximate surface area is 622 Å². The molecule has 0 spiro atoms. The van der Waals surface area contributed by atoms with E-state index in [4.69, 9.17) is 94.7 Å². The van der Waals surface area contributed by atoms with Crippen LogP contribution in [0.4, 0.5) is 0 Å². The van der Waals surface area contributed by atoms with E-state index in [1.54, 1.807) is 0 Å². The van der Waals surface area contributed by atoms with Crippen LogP contribution in [0.1, 0.15) is 208 Å². The molecule has 0 saturated heterocycles. The van der Waals surface area contributed by atoms with Gasteiger partial charge >= 0.3 is 0 Å². The first-order chi connectivity index (χ1) is 46.4. The second kappa shape index (κ2) is 57.3. The van der Waals surface area contributed by atoms with Crippen molar-refractivity contribution in [1.29, 1.82) is 0 Å². The van der Waals surface area contributed by atoms with Gasteiger partial charge in [-0.2, -0.15) is 0 Å². The third-order valence-electron chi connectivity index (χ3n) is 12.3. The maximum Gasteiger partial charge on any atom is 0.104 e. The number of hydrogen-bond acceptors (Lipinski definition) is 20. The highest BCUT2D eigenvalue weighted by molar-refractivity contribution is 4.80. The van der Waals surface area contributed by atoms with Crippen LogP contribution >= 0.6 is 0 Å². The van der Waals surface area contributed by atoms with Crippen LogP contribution in [0.25, 0.3) is 0 Å². The molecule has 0 saturated carbocycles. The molecule has 0 aromatic carbocycles. The molecule has 20 nitrogen and oxygen atoms in total. The van der Waals surface area contributed by atoms with Gasteiger partial charge in [0.25, 0.3) is 0 Å². The lowest BCUT2D eigenvalue weighted by Crippen LogP contribution is -2.43. The van der Waals surface area contributed by atoms with Gasteiger partial charge in [-0.15, -0.1) is 0 Å². The van der Waals surface area contributed by atoms with Crippen molar-refractivity contribution in [2.45, 2.75) is 220 Å². The molecule has 0 aromatic rings. The Morgan fingerprint density at radius 1 is 0.139 bits per heavy atom. The standard InChI is InChI=1S/C33H68O8.2C24H50O6/c1-29(2,3)21-34-13-17-38-25-33(26-39-18-14-35-22-30(4,5)6,27-40-19-15-36-23-31(7,8)9)28-41-20-16-37-24-32(10,11)12;2*1-22(2,3)18-27-12-10-25-16-21(30-15-14-29-20-24(7,8)9)17-26-11-13-28-19-23(4,5)6/h13-28H2,1-12H3;2*21H,10-20H2,1-9H3. The first-order valence-corrected chi connectivity index (χ1v) is 38.0. The molecule has 0 aromatic heterocycles. The summed E-state index contributed by atoms with van der Waals surface area (Å²) in [7, 11) is 0. The second-order valence-corrected chi connectivity index (χ2v) is 39.1. The predicted molar refractivity (Wildman–Crippen MR) is 411 cm³/mol. The van der Waals surface area contributed by atoms with Crippen LogP contribution in [0.5, 0.6) is 0 Å². The van der Waals surface area contributed by atoms with Crippen LogP contribution < -0.4 is 0 Å². The number of hydrogen-bond donors (Lipinski definition) is 0. The van der Waals surface area contributed by atoms with Crippen molar-refractivity contribution >= 4 is 0 Å². The fourth-order valence-corrected chi connectivity index (χ4v) is 7.83. The van der Waals surface area contributed by atoms with Gasteiger partial charge in [-0.3, -0.25) is 0 Å². The quantitative estimate of drug-likeness (QED) is 0.0523. The van der Waals surface area contributed by atoms with Crippen LogP contribution in [-0.4, -0.2) is 263 Å². The molecule has 0 N–H and O–H groups in total. The van der Waals surface area contributed by atoms with Gasteiger partial charge in [0.2, 0.25) is 0 Å². The van der Waals surface area contributed by atoms with Gasteiger partial charge in [0.1, 0.15) is 12.2 Å². The van der Waals surface area contributed by atoms with Crippen LogP contribution in [0.2, 0.25) is 0 Å². The minimum absolute atomic E-state index is 0.123. The molecule has 0 aliphatic carbocycles. The van der Waals surface area contributed by atoms with Crippen molar-refractivity contribution in [2.75, 3.05) is 251 Å². The van der Waals surface area contributed by atoms with Crippen LogP contribution in [0, 0.1) is 59.6 Å². The summed E-state index contributed by atoms with van der Waals surface area (Å²) in [6.45, 7) is 86.2. The Kier molecular flexibility index (Phi) is 59.2. The van der Waals surface area contributed by atoms with E-state index < -0.39 is 5.41 Å². The molecule has 0 amide bonds. The molecule has 20 heteroatoms. The highest BCUT2D eigenvalue weighted by Gasteiger charge is 2.33. The molecule has 0 aliphatic rings. The third kappa shape index (κ3) is 91.5. The molecule has 0 radical (unpaired) electrons. The van der Waals surface area contributed by atoms with Gasteiger partial charge in [-0.25, -0.2) is 0 Å². The van der Waals surface area contributed by atoms with Gasteiger partial charge in [-0.05, 0) is 54.1 Å². The van der Waals surface area contributed by atoms with Gasteiger partial charge in [0.15, 0.2) is 0 Å². The van der Waals surface area contributed by atoms with E-state index in [2.05, 4.69) is 208 Å². The summed E-state index contributed by atoms with van der Waals surface area (Å²) >= 11 is 0. The van der Waals surface area contributed by atoms with Gasteiger partial charge < -0.3 is 94.7 Å². The van der Waals surface area contributed by atoms with E-state index in [9.17, 15) is 0 Å². The molecule has 0 aliphatic heterocycles. The van der Waals surface area contributed by atoms with E-state index in [-0.39, 0.29) is 66.4 Å². The lowest BCUT2D eigenvalue weighted by molar-refractivity contribution is -0.124. The third-order valence-corrected chi connectivity index (χ3v) is 12.3. The zero-order valence-corrected chi connectivity index (χ0v) is 71.7. The topological polar surface area (TPSA) is 185 Å².